The zero-order valence-corrected chi connectivity index (χ0v) is 43.6. The summed E-state index contributed by atoms with van der Waals surface area (Å²) in [5, 5.41) is 2.44. The molecule has 1 atom stereocenters. The molecule has 0 radical (unpaired) electrons. The van der Waals surface area contributed by atoms with Gasteiger partial charge in [0.15, 0.2) is 0 Å². The molecule has 0 aliphatic heterocycles. The number of aryl methyl sites for hydroxylation is 1. The van der Waals surface area contributed by atoms with Crippen LogP contribution in [0.15, 0.2) is 262 Å². The fourth-order valence-corrected chi connectivity index (χ4v) is 13.0. The first-order valence-electron chi connectivity index (χ1n) is 26.8. The van der Waals surface area contributed by atoms with E-state index in [1.165, 1.54) is 99.7 Å². The summed E-state index contributed by atoms with van der Waals surface area (Å²) >= 11 is 0. The summed E-state index contributed by atoms with van der Waals surface area (Å²) in [6, 6.07) is 93.0. The van der Waals surface area contributed by atoms with Crippen molar-refractivity contribution in [3.05, 3.63) is 312 Å². The smallest absolute Gasteiger partial charge is 0.0714 e. The lowest BCUT2D eigenvalue weighted by Crippen LogP contribution is -2.29. The van der Waals surface area contributed by atoms with Crippen LogP contribution >= 0.6 is 0 Å². The molecule has 11 aromatic carbocycles. The van der Waals surface area contributed by atoms with Crippen LogP contribution in [0, 0.1) is 6.92 Å². The summed E-state index contributed by atoms with van der Waals surface area (Å²) in [7, 11) is 0. The van der Waals surface area contributed by atoms with Crippen LogP contribution in [0.3, 0.4) is 0 Å². The van der Waals surface area contributed by atoms with Crippen LogP contribution in [0.25, 0.3) is 84.2 Å². The Kier molecular flexibility index (Phi) is 10.7. The predicted octanol–water partition coefficient (Wildman–Crippen LogP) is 19.9. The molecule has 0 bridgehead atoms. The van der Waals surface area contributed by atoms with Gasteiger partial charge in [-0.3, -0.25) is 0 Å². The number of aromatic nitrogens is 1. The molecule has 77 heavy (non-hydrogen) atoms. The molecule has 1 heterocycles. The van der Waals surface area contributed by atoms with E-state index in [1.54, 1.807) is 0 Å². The molecular weight excluding hydrogens is 929 g/mol. The van der Waals surface area contributed by atoms with Crippen molar-refractivity contribution < 1.29 is 0 Å². The van der Waals surface area contributed by atoms with Crippen LogP contribution in [0.1, 0.15) is 63.9 Å². The summed E-state index contributed by atoms with van der Waals surface area (Å²) in [5.74, 6) is 0. The molecule has 1 unspecified atom stereocenters. The van der Waals surface area contributed by atoms with Crippen molar-refractivity contribution in [2.75, 3.05) is 4.90 Å². The first-order chi connectivity index (χ1) is 37.7. The van der Waals surface area contributed by atoms with Crippen LogP contribution in [0.4, 0.5) is 17.1 Å². The molecule has 1 aromatic heterocycles. The standard InChI is InChI=1S/C75H56N2/c1-6-50-23-27-52(28-24-50)54-31-43-72-66(45-54)67-46-55(32-44-73(67)77(72)58-15-9-8-10-16-58)53-29-37-59(38-30-53)76(60-39-41-64-62-17-11-13-19-68(62)74(4,5)70(64)47-60)61-40-42-65-63-18-12-14-20-69(63)75(71(65)48-61,56-33-21-49(3)22-34-56)57-35-25-51(7-2)26-36-57/h6-48H,1-2H2,3-5H3. The minimum atomic E-state index is -0.578. The van der Waals surface area contributed by atoms with Gasteiger partial charge >= 0.3 is 0 Å². The van der Waals surface area contributed by atoms with Gasteiger partial charge in [-0.25, -0.2) is 0 Å². The van der Waals surface area contributed by atoms with Gasteiger partial charge in [0, 0.05) is 38.9 Å². The topological polar surface area (TPSA) is 8.17 Å². The third kappa shape index (κ3) is 7.16. The quantitative estimate of drug-likeness (QED) is 0.133. The monoisotopic (exact) mass is 984 g/mol. The van der Waals surface area contributed by atoms with Crippen molar-refractivity contribution in [2.24, 2.45) is 0 Å². The molecule has 366 valence electrons. The number of hydrogen-bond acceptors (Lipinski definition) is 1. The third-order valence-corrected chi connectivity index (χ3v) is 16.9. The summed E-state index contributed by atoms with van der Waals surface area (Å²) in [6.45, 7) is 15.0. The molecule has 14 rings (SSSR count). The van der Waals surface area contributed by atoms with E-state index >= 15 is 0 Å². The normalized spacial score (nSPS) is 14.7. The van der Waals surface area contributed by atoms with Crippen LogP contribution in [0.2, 0.25) is 0 Å². The lowest BCUT2D eigenvalue weighted by Gasteiger charge is -2.35. The lowest BCUT2D eigenvalue weighted by atomic mass is 9.67. The van der Waals surface area contributed by atoms with Crippen LogP contribution < -0.4 is 4.90 Å². The van der Waals surface area contributed by atoms with E-state index in [9.17, 15) is 0 Å². The molecule has 0 saturated carbocycles. The van der Waals surface area contributed by atoms with Gasteiger partial charge in [-0.15, -0.1) is 0 Å². The molecular formula is C75H56N2. The maximum atomic E-state index is 4.11. The van der Waals surface area contributed by atoms with Crippen molar-refractivity contribution in [3.63, 3.8) is 0 Å². The minimum Gasteiger partial charge on any atom is -0.310 e. The Labute approximate surface area is 451 Å². The molecule has 0 spiro atoms. The Morgan fingerprint density at radius 3 is 1.40 bits per heavy atom. The van der Waals surface area contributed by atoms with Crippen molar-refractivity contribution in [1.82, 2.24) is 4.57 Å². The highest BCUT2D eigenvalue weighted by Crippen LogP contribution is 2.58. The number of benzene rings is 11. The highest BCUT2D eigenvalue weighted by Gasteiger charge is 2.46. The molecule has 12 aromatic rings. The average molecular weight is 985 g/mol. The lowest BCUT2D eigenvalue weighted by molar-refractivity contribution is 0.660. The van der Waals surface area contributed by atoms with Crippen molar-refractivity contribution >= 4 is 51.0 Å². The van der Waals surface area contributed by atoms with Gasteiger partial charge in [-0.1, -0.05) is 221 Å². The Morgan fingerprint density at radius 1 is 0.377 bits per heavy atom. The van der Waals surface area contributed by atoms with Crippen LogP contribution in [-0.2, 0) is 10.8 Å². The molecule has 0 fully saturated rings. The highest BCUT2D eigenvalue weighted by atomic mass is 15.1. The molecule has 0 amide bonds. The first-order valence-corrected chi connectivity index (χ1v) is 26.8. The van der Waals surface area contributed by atoms with Gasteiger partial charge in [0.2, 0.25) is 0 Å². The van der Waals surface area contributed by atoms with E-state index in [0.717, 1.165) is 39.4 Å². The van der Waals surface area contributed by atoms with Gasteiger partial charge in [0.25, 0.3) is 0 Å². The molecule has 0 N–H and O–H groups in total. The van der Waals surface area contributed by atoms with E-state index in [2.05, 4.69) is 292 Å². The Balaban J connectivity index is 0.943. The van der Waals surface area contributed by atoms with Crippen molar-refractivity contribution in [1.29, 1.82) is 0 Å². The first kappa shape index (κ1) is 46.1. The maximum absolute atomic E-state index is 4.11. The fraction of sp³-hybridized carbons (Fsp3) is 0.0667. The highest BCUT2D eigenvalue weighted by molar-refractivity contribution is 6.11. The average Bonchev–Trinajstić information content (AvgIpc) is 4.29. The van der Waals surface area contributed by atoms with Crippen molar-refractivity contribution in [2.45, 2.75) is 31.6 Å². The largest absolute Gasteiger partial charge is 0.310 e. The van der Waals surface area contributed by atoms with Gasteiger partial charge in [0.05, 0.1) is 16.4 Å². The second kappa shape index (κ2) is 17.8. The zero-order valence-electron chi connectivity index (χ0n) is 43.6. The van der Waals surface area contributed by atoms with E-state index in [4.69, 9.17) is 0 Å². The zero-order chi connectivity index (χ0) is 52.0. The molecule has 2 nitrogen and oxygen atoms in total. The molecule has 2 aliphatic carbocycles. The summed E-state index contributed by atoms with van der Waals surface area (Å²) in [5.41, 5.74) is 27.1. The SMILES string of the molecule is C=Cc1ccc(-c2ccc3c(c2)c2cc(-c4ccc(N(c5ccc6c(c5)C(C)(C)c5ccccc5-6)c5ccc6c(c5)C(c5ccc(C)cc5)(c5ccc(C=C)cc5)c5ccccc5-6)cc4)ccc2n3-c2ccccc2)cc1. The van der Waals surface area contributed by atoms with Gasteiger partial charge in [-0.2, -0.15) is 0 Å². The molecule has 2 heteroatoms. The van der Waals surface area contributed by atoms with E-state index in [-0.39, 0.29) is 5.41 Å². The Bertz CT molecular complexity index is 4310. The van der Waals surface area contributed by atoms with Gasteiger partial charge < -0.3 is 9.47 Å². The van der Waals surface area contributed by atoms with Crippen molar-refractivity contribution in [3.8, 4) is 50.2 Å². The molecule has 2 aliphatic rings. The van der Waals surface area contributed by atoms with E-state index < -0.39 is 5.41 Å². The summed E-state index contributed by atoms with van der Waals surface area (Å²) < 4.78 is 2.40. The number of fused-ring (bicyclic) bond motifs is 9. The predicted molar refractivity (Wildman–Crippen MR) is 326 cm³/mol. The number of para-hydroxylation sites is 1. The Morgan fingerprint density at radius 2 is 0.818 bits per heavy atom. The van der Waals surface area contributed by atoms with Gasteiger partial charge in [-0.05, 0) is 169 Å². The number of nitrogens with zero attached hydrogens (tertiary/aromatic N) is 2. The second-order valence-corrected chi connectivity index (χ2v) is 21.5. The van der Waals surface area contributed by atoms with Gasteiger partial charge in [0.1, 0.15) is 0 Å². The van der Waals surface area contributed by atoms with E-state index in [1.807, 2.05) is 12.2 Å². The third-order valence-electron chi connectivity index (χ3n) is 16.9. The van der Waals surface area contributed by atoms with Crippen LogP contribution in [0.5, 0.6) is 0 Å². The molecule has 0 saturated heterocycles. The number of anilines is 3. The minimum absolute atomic E-state index is 0.172. The maximum Gasteiger partial charge on any atom is 0.0714 e. The number of rotatable bonds is 10. The van der Waals surface area contributed by atoms with E-state index in [0.29, 0.717) is 0 Å². The second-order valence-electron chi connectivity index (χ2n) is 21.5. The Hall–Kier alpha value is -9.50. The summed E-state index contributed by atoms with van der Waals surface area (Å²) in [4.78, 5) is 2.48. The fourth-order valence-electron chi connectivity index (χ4n) is 13.0. The summed E-state index contributed by atoms with van der Waals surface area (Å²) in [6.07, 6.45) is 3.83. The number of hydrogen-bond donors (Lipinski definition) is 0. The van der Waals surface area contributed by atoms with Crippen LogP contribution in [-0.4, -0.2) is 4.57 Å².